The fourth-order valence-electron chi connectivity index (χ4n) is 2.78. The lowest BCUT2D eigenvalue weighted by atomic mass is 10.0. The Hall–Kier alpha value is -2.33. The zero-order valence-corrected chi connectivity index (χ0v) is 14.9. The minimum atomic E-state index is -0.914. The topological polar surface area (TPSA) is 58.2 Å². The second-order valence-electron chi connectivity index (χ2n) is 6.48. The van der Waals surface area contributed by atoms with Crippen LogP contribution in [0.4, 0.5) is 5.69 Å². The van der Waals surface area contributed by atoms with E-state index >= 15 is 0 Å². The van der Waals surface area contributed by atoms with Crippen LogP contribution in [0.5, 0.6) is 0 Å². The fourth-order valence-corrected chi connectivity index (χ4v) is 2.90. The van der Waals surface area contributed by atoms with Gasteiger partial charge in [0.2, 0.25) is 11.8 Å². The molecular formula is C20H21ClN2O2. The minimum absolute atomic E-state index is 0.187. The first-order chi connectivity index (χ1) is 12.0. The summed E-state index contributed by atoms with van der Waals surface area (Å²) in [5.74, 6) is -0.404. The van der Waals surface area contributed by atoms with Crippen molar-refractivity contribution in [3.8, 4) is 0 Å². The van der Waals surface area contributed by atoms with Crippen LogP contribution < -0.4 is 10.6 Å². The number of benzene rings is 2. The monoisotopic (exact) mass is 356 g/mol. The van der Waals surface area contributed by atoms with Crippen LogP contribution in [0.25, 0.3) is 0 Å². The molecule has 0 heterocycles. The fraction of sp³-hybridized carbons (Fsp3) is 0.300. The predicted molar refractivity (Wildman–Crippen MR) is 99.6 cm³/mol. The van der Waals surface area contributed by atoms with Crippen molar-refractivity contribution in [2.75, 3.05) is 11.9 Å². The maximum Gasteiger partial charge on any atom is 0.240 e. The Morgan fingerprint density at radius 2 is 1.72 bits per heavy atom. The van der Waals surface area contributed by atoms with Crippen molar-refractivity contribution in [3.05, 3.63) is 64.7 Å². The third-order valence-electron chi connectivity index (χ3n) is 4.63. The average Bonchev–Trinajstić information content (AvgIpc) is 3.40. The van der Waals surface area contributed by atoms with Crippen molar-refractivity contribution in [2.24, 2.45) is 5.41 Å². The number of nitrogens with one attached hydrogen (secondary N) is 2. The molecular weight excluding hydrogens is 336 g/mol. The zero-order chi connectivity index (χ0) is 17.9. The Kier molecular flexibility index (Phi) is 5.09. The standard InChI is InChI=1S/C20H21ClN2O2/c1-14-4-2-3-5-17(14)23-19(25)20(11-12-20)18(24)22-13-10-15-6-8-16(21)9-7-15/h2-9H,10-13H2,1H3,(H,22,24)(H,23,25). The lowest BCUT2D eigenvalue weighted by Gasteiger charge is -2.16. The van der Waals surface area contributed by atoms with Gasteiger partial charge in [-0.1, -0.05) is 41.9 Å². The first-order valence-corrected chi connectivity index (χ1v) is 8.79. The van der Waals surface area contributed by atoms with Gasteiger partial charge in [-0.3, -0.25) is 9.59 Å². The average molecular weight is 357 g/mol. The molecule has 0 atom stereocenters. The highest BCUT2D eigenvalue weighted by Gasteiger charge is 2.56. The van der Waals surface area contributed by atoms with Gasteiger partial charge in [-0.2, -0.15) is 0 Å². The van der Waals surface area contributed by atoms with Crippen LogP contribution >= 0.6 is 11.6 Å². The number of para-hydroxylation sites is 1. The summed E-state index contributed by atoms with van der Waals surface area (Å²) in [7, 11) is 0. The molecule has 2 aromatic rings. The molecule has 1 aliphatic carbocycles. The quantitative estimate of drug-likeness (QED) is 0.775. The Labute approximate surface area is 152 Å². The van der Waals surface area contributed by atoms with Crippen molar-refractivity contribution >= 4 is 29.1 Å². The van der Waals surface area contributed by atoms with Crippen LogP contribution in [-0.4, -0.2) is 18.4 Å². The molecule has 0 spiro atoms. The molecule has 130 valence electrons. The molecule has 2 N–H and O–H groups in total. The van der Waals surface area contributed by atoms with Gasteiger partial charge in [0.1, 0.15) is 5.41 Å². The van der Waals surface area contributed by atoms with Crippen LogP contribution in [0.15, 0.2) is 48.5 Å². The smallest absolute Gasteiger partial charge is 0.240 e. The summed E-state index contributed by atoms with van der Waals surface area (Å²) in [6.45, 7) is 2.43. The van der Waals surface area contributed by atoms with Gasteiger partial charge < -0.3 is 10.6 Å². The highest BCUT2D eigenvalue weighted by molar-refractivity contribution is 6.30. The molecule has 0 radical (unpaired) electrons. The predicted octanol–water partition coefficient (Wildman–Crippen LogP) is 3.73. The largest absolute Gasteiger partial charge is 0.355 e. The van der Waals surface area contributed by atoms with Gasteiger partial charge in [-0.15, -0.1) is 0 Å². The molecule has 1 aliphatic rings. The molecule has 2 amide bonds. The number of carbonyl (C=O) groups is 2. The summed E-state index contributed by atoms with van der Waals surface area (Å²) in [6, 6.07) is 15.1. The molecule has 25 heavy (non-hydrogen) atoms. The first-order valence-electron chi connectivity index (χ1n) is 8.41. The normalized spacial score (nSPS) is 14.6. The van der Waals surface area contributed by atoms with Crippen molar-refractivity contribution in [1.82, 2.24) is 5.32 Å². The van der Waals surface area contributed by atoms with Gasteiger partial charge in [0.15, 0.2) is 0 Å². The van der Waals surface area contributed by atoms with E-state index in [1.807, 2.05) is 55.5 Å². The van der Waals surface area contributed by atoms with E-state index in [1.165, 1.54) is 0 Å². The van der Waals surface area contributed by atoms with E-state index in [-0.39, 0.29) is 11.8 Å². The van der Waals surface area contributed by atoms with Crippen LogP contribution in [-0.2, 0) is 16.0 Å². The SMILES string of the molecule is Cc1ccccc1NC(=O)C1(C(=O)NCCc2ccc(Cl)cc2)CC1. The van der Waals surface area contributed by atoms with Crippen molar-refractivity contribution < 1.29 is 9.59 Å². The summed E-state index contributed by atoms with van der Waals surface area (Å²) in [6.07, 6.45) is 1.90. The molecule has 1 fully saturated rings. The summed E-state index contributed by atoms with van der Waals surface area (Å²) in [4.78, 5) is 25.1. The van der Waals surface area contributed by atoms with Crippen LogP contribution in [0.2, 0.25) is 5.02 Å². The molecule has 4 nitrogen and oxygen atoms in total. The number of carbonyl (C=O) groups excluding carboxylic acids is 2. The molecule has 5 heteroatoms. The Morgan fingerprint density at radius 1 is 1.04 bits per heavy atom. The molecule has 0 saturated heterocycles. The molecule has 0 unspecified atom stereocenters. The number of halogens is 1. The number of hydrogen-bond acceptors (Lipinski definition) is 2. The molecule has 3 rings (SSSR count). The molecule has 1 saturated carbocycles. The summed E-state index contributed by atoms with van der Waals surface area (Å²) in [5.41, 5.74) is 1.92. The van der Waals surface area contributed by atoms with Gasteiger partial charge in [-0.25, -0.2) is 0 Å². The van der Waals surface area contributed by atoms with E-state index in [1.54, 1.807) is 0 Å². The third kappa shape index (κ3) is 4.02. The summed E-state index contributed by atoms with van der Waals surface area (Å²) >= 11 is 5.86. The van der Waals surface area contributed by atoms with Gasteiger partial charge in [-0.05, 0) is 55.5 Å². The lowest BCUT2D eigenvalue weighted by Crippen LogP contribution is -2.40. The van der Waals surface area contributed by atoms with Crippen molar-refractivity contribution in [3.63, 3.8) is 0 Å². The van der Waals surface area contributed by atoms with Crippen LogP contribution in [0.1, 0.15) is 24.0 Å². The highest BCUT2D eigenvalue weighted by Crippen LogP contribution is 2.47. The second kappa shape index (κ2) is 7.28. The maximum atomic E-state index is 12.6. The number of hydrogen-bond donors (Lipinski definition) is 2. The molecule has 2 aromatic carbocycles. The number of rotatable bonds is 6. The number of anilines is 1. The molecule has 0 aromatic heterocycles. The summed E-state index contributed by atoms with van der Waals surface area (Å²) in [5, 5.41) is 6.48. The van der Waals surface area contributed by atoms with Crippen LogP contribution in [0.3, 0.4) is 0 Å². The Bertz CT molecular complexity index is 783. The van der Waals surface area contributed by atoms with Gasteiger partial charge in [0, 0.05) is 17.3 Å². The van der Waals surface area contributed by atoms with E-state index < -0.39 is 5.41 Å². The van der Waals surface area contributed by atoms with Gasteiger partial charge in [0.25, 0.3) is 0 Å². The number of aryl methyl sites for hydroxylation is 1. The minimum Gasteiger partial charge on any atom is -0.355 e. The Balaban J connectivity index is 1.55. The molecule has 0 aliphatic heterocycles. The second-order valence-corrected chi connectivity index (χ2v) is 6.92. The third-order valence-corrected chi connectivity index (χ3v) is 4.88. The van der Waals surface area contributed by atoms with E-state index in [0.29, 0.717) is 30.8 Å². The highest BCUT2D eigenvalue weighted by atomic mass is 35.5. The summed E-state index contributed by atoms with van der Waals surface area (Å²) < 4.78 is 0. The van der Waals surface area contributed by atoms with Gasteiger partial charge >= 0.3 is 0 Å². The van der Waals surface area contributed by atoms with Crippen molar-refractivity contribution in [1.29, 1.82) is 0 Å². The maximum absolute atomic E-state index is 12.6. The van der Waals surface area contributed by atoms with E-state index in [9.17, 15) is 9.59 Å². The lowest BCUT2D eigenvalue weighted by molar-refractivity contribution is -0.134. The van der Waals surface area contributed by atoms with Crippen molar-refractivity contribution in [2.45, 2.75) is 26.2 Å². The zero-order valence-electron chi connectivity index (χ0n) is 14.1. The molecule has 0 bridgehead atoms. The van der Waals surface area contributed by atoms with E-state index in [4.69, 9.17) is 11.6 Å². The van der Waals surface area contributed by atoms with E-state index in [2.05, 4.69) is 10.6 Å². The first kappa shape index (κ1) is 17.5. The van der Waals surface area contributed by atoms with Gasteiger partial charge in [0.05, 0.1) is 0 Å². The number of amides is 2. The Morgan fingerprint density at radius 3 is 2.36 bits per heavy atom. The van der Waals surface area contributed by atoms with E-state index in [0.717, 1.165) is 16.8 Å². The van der Waals surface area contributed by atoms with Crippen LogP contribution in [0, 0.1) is 12.3 Å².